The first-order valence-electron chi connectivity index (χ1n) is 7.71. The molecule has 1 saturated heterocycles. The van der Waals surface area contributed by atoms with Crippen LogP contribution in [-0.2, 0) is 0 Å². The zero-order valence-corrected chi connectivity index (χ0v) is 12.6. The van der Waals surface area contributed by atoms with Gasteiger partial charge in [0.05, 0.1) is 11.3 Å². The van der Waals surface area contributed by atoms with Crippen LogP contribution in [0.4, 0.5) is 5.69 Å². The molecule has 110 valence electrons. The Hall–Kier alpha value is -1.58. The number of hydrogen-bond donors (Lipinski definition) is 1. The second kappa shape index (κ2) is 7.27. The molecule has 0 aliphatic carbocycles. The Morgan fingerprint density at radius 1 is 1.30 bits per heavy atom. The van der Waals surface area contributed by atoms with E-state index in [1.54, 1.807) is 12.4 Å². The summed E-state index contributed by atoms with van der Waals surface area (Å²) < 4.78 is 0. The monoisotopic (exact) mass is 275 g/mol. The van der Waals surface area contributed by atoms with Gasteiger partial charge in [-0.1, -0.05) is 19.8 Å². The van der Waals surface area contributed by atoms with Gasteiger partial charge in [-0.15, -0.1) is 0 Å². The number of rotatable bonds is 4. The zero-order chi connectivity index (χ0) is 14.4. The highest BCUT2D eigenvalue weighted by Crippen LogP contribution is 2.16. The normalized spacial score (nSPS) is 17.4. The molecular formula is C16H25N3O. The van der Waals surface area contributed by atoms with Crippen molar-refractivity contribution in [1.82, 2.24) is 9.88 Å². The van der Waals surface area contributed by atoms with E-state index in [2.05, 4.69) is 24.1 Å². The molecule has 0 radical (unpaired) electrons. The fourth-order valence-corrected chi connectivity index (χ4v) is 2.48. The van der Waals surface area contributed by atoms with Gasteiger partial charge in [-0.25, -0.2) is 0 Å². The van der Waals surface area contributed by atoms with Crippen LogP contribution in [-0.4, -0.2) is 34.9 Å². The lowest BCUT2D eigenvalue weighted by Gasteiger charge is -2.20. The molecule has 4 heteroatoms. The van der Waals surface area contributed by atoms with Crippen LogP contribution >= 0.6 is 0 Å². The van der Waals surface area contributed by atoms with E-state index in [1.807, 2.05) is 11.0 Å². The number of hydrogen-bond acceptors (Lipinski definition) is 3. The summed E-state index contributed by atoms with van der Waals surface area (Å²) in [4.78, 5) is 18.7. The third-order valence-corrected chi connectivity index (χ3v) is 3.90. The Bertz CT molecular complexity index is 439. The van der Waals surface area contributed by atoms with Crippen LogP contribution < -0.4 is 5.32 Å². The van der Waals surface area contributed by atoms with E-state index in [9.17, 15) is 4.79 Å². The number of aromatic nitrogens is 1. The quantitative estimate of drug-likeness (QED) is 0.917. The maximum Gasteiger partial charge on any atom is 0.255 e. The smallest absolute Gasteiger partial charge is 0.255 e. The van der Waals surface area contributed by atoms with Crippen LogP contribution in [0, 0.1) is 0 Å². The Kier molecular flexibility index (Phi) is 5.39. The minimum absolute atomic E-state index is 0.118. The van der Waals surface area contributed by atoms with E-state index in [0.29, 0.717) is 11.6 Å². The van der Waals surface area contributed by atoms with E-state index in [-0.39, 0.29) is 5.91 Å². The molecule has 2 heterocycles. The molecule has 1 atom stereocenters. The topological polar surface area (TPSA) is 45.2 Å². The summed E-state index contributed by atoms with van der Waals surface area (Å²) in [7, 11) is 0. The van der Waals surface area contributed by atoms with Crippen molar-refractivity contribution in [3.05, 3.63) is 24.0 Å². The van der Waals surface area contributed by atoms with E-state index in [0.717, 1.165) is 38.0 Å². The number of anilines is 1. The standard InChI is InChI=1S/C16H25N3O/c1-3-13(2)18-15-10-14(11-17-12-15)16(20)19-8-6-4-5-7-9-19/h10-13,18H,3-9H2,1-2H3. The highest BCUT2D eigenvalue weighted by Gasteiger charge is 2.17. The van der Waals surface area contributed by atoms with E-state index < -0.39 is 0 Å². The highest BCUT2D eigenvalue weighted by atomic mass is 16.2. The third-order valence-electron chi connectivity index (χ3n) is 3.90. The van der Waals surface area contributed by atoms with E-state index >= 15 is 0 Å². The van der Waals surface area contributed by atoms with Crippen LogP contribution in [0.25, 0.3) is 0 Å². The Balaban J connectivity index is 2.07. The summed E-state index contributed by atoms with van der Waals surface area (Å²) in [6.07, 6.45) is 9.20. The summed E-state index contributed by atoms with van der Waals surface area (Å²) >= 11 is 0. The van der Waals surface area contributed by atoms with Crippen molar-refractivity contribution in [3.63, 3.8) is 0 Å². The molecule has 1 unspecified atom stereocenters. The summed E-state index contributed by atoms with van der Waals surface area (Å²) in [5, 5.41) is 3.37. The molecule has 4 nitrogen and oxygen atoms in total. The molecule has 0 saturated carbocycles. The van der Waals surface area contributed by atoms with Gasteiger partial charge in [0.2, 0.25) is 0 Å². The summed E-state index contributed by atoms with van der Waals surface area (Å²) in [5.41, 5.74) is 1.63. The first-order chi connectivity index (χ1) is 9.70. The molecule has 1 N–H and O–H groups in total. The maximum absolute atomic E-state index is 12.5. The summed E-state index contributed by atoms with van der Waals surface area (Å²) in [6, 6.07) is 2.31. The average Bonchev–Trinajstić information content (AvgIpc) is 2.75. The molecule has 1 aromatic rings. The van der Waals surface area contributed by atoms with Crippen LogP contribution in [0.2, 0.25) is 0 Å². The first kappa shape index (κ1) is 14.8. The van der Waals surface area contributed by atoms with Gasteiger partial charge in [0.1, 0.15) is 0 Å². The molecule has 1 amide bonds. The number of nitrogens with zero attached hydrogens (tertiary/aromatic N) is 2. The van der Waals surface area contributed by atoms with Gasteiger partial charge in [0, 0.05) is 31.5 Å². The van der Waals surface area contributed by atoms with Gasteiger partial charge < -0.3 is 10.2 Å². The molecule has 1 aliphatic heterocycles. The van der Waals surface area contributed by atoms with Gasteiger partial charge in [0.25, 0.3) is 5.91 Å². The molecule has 20 heavy (non-hydrogen) atoms. The minimum atomic E-state index is 0.118. The van der Waals surface area contributed by atoms with Crippen molar-refractivity contribution in [2.75, 3.05) is 18.4 Å². The molecule has 1 aromatic heterocycles. The highest BCUT2D eigenvalue weighted by molar-refractivity contribution is 5.94. The minimum Gasteiger partial charge on any atom is -0.381 e. The average molecular weight is 275 g/mol. The predicted octanol–water partition coefficient (Wildman–Crippen LogP) is 3.31. The summed E-state index contributed by atoms with van der Waals surface area (Å²) in [6.45, 7) is 6.02. The molecule has 0 bridgehead atoms. The number of carbonyl (C=O) groups is 1. The number of nitrogens with one attached hydrogen (secondary N) is 1. The first-order valence-corrected chi connectivity index (χ1v) is 7.71. The van der Waals surface area contributed by atoms with Crippen LogP contribution in [0.15, 0.2) is 18.5 Å². The number of carbonyl (C=O) groups excluding carboxylic acids is 1. The van der Waals surface area contributed by atoms with Crippen molar-refractivity contribution in [2.24, 2.45) is 0 Å². The van der Waals surface area contributed by atoms with Gasteiger partial charge in [-0.05, 0) is 32.3 Å². The molecular weight excluding hydrogens is 250 g/mol. The van der Waals surface area contributed by atoms with Gasteiger partial charge in [-0.3, -0.25) is 9.78 Å². The van der Waals surface area contributed by atoms with Crippen LogP contribution in [0.1, 0.15) is 56.3 Å². The lowest BCUT2D eigenvalue weighted by Crippen LogP contribution is -2.32. The summed E-state index contributed by atoms with van der Waals surface area (Å²) in [5.74, 6) is 0.118. The fraction of sp³-hybridized carbons (Fsp3) is 0.625. The molecule has 2 rings (SSSR count). The molecule has 1 aliphatic rings. The Labute approximate surface area is 121 Å². The Morgan fingerprint density at radius 2 is 2.00 bits per heavy atom. The van der Waals surface area contributed by atoms with E-state index in [1.165, 1.54) is 12.8 Å². The fourth-order valence-electron chi connectivity index (χ4n) is 2.48. The SMILES string of the molecule is CCC(C)Nc1cncc(C(=O)N2CCCCCC2)c1. The van der Waals surface area contributed by atoms with Gasteiger partial charge in [-0.2, -0.15) is 0 Å². The van der Waals surface area contributed by atoms with E-state index in [4.69, 9.17) is 0 Å². The van der Waals surface area contributed by atoms with Crippen molar-refractivity contribution < 1.29 is 4.79 Å². The van der Waals surface area contributed by atoms with Crippen LogP contribution in [0.3, 0.4) is 0 Å². The Morgan fingerprint density at radius 3 is 2.65 bits per heavy atom. The van der Waals surface area contributed by atoms with Gasteiger partial charge in [0.15, 0.2) is 0 Å². The lowest BCUT2D eigenvalue weighted by molar-refractivity contribution is 0.0761. The molecule has 1 fully saturated rings. The maximum atomic E-state index is 12.5. The largest absolute Gasteiger partial charge is 0.381 e. The van der Waals surface area contributed by atoms with Gasteiger partial charge >= 0.3 is 0 Å². The number of likely N-dealkylation sites (tertiary alicyclic amines) is 1. The predicted molar refractivity (Wildman–Crippen MR) is 82.0 cm³/mol. The third kappa shape index (κ3) is 3.95. The van der Waals surface area contributed by atoms with Crippen molar-refractivity contribution in [3.8, 4) is 0 Å². The van der Waals surface area contributed by atoms with Crippen molar-refractivity contribution in [2.45, 2.75) is 52.0 Å². The van der Waals surface area contributed by atoms with Crippen molar-refractivity contribution >= 4 is 11.6 Å². The molecule has 0 spiro atoms. The van der Waals surface area contributed by atoms with Crippen LogP contribution in [0.5, 0.6) is 0 Å². The number of pyridine rings is 1. The number of amides is 1. The second-order valence-corrected chi connectivity index (χ2v) is 5.62. The second-order valence-electron chi connectivity index (χ2n) is 5.62. The zero-order valence-electron chi connectivity index (χ0n) is 12.6. The van der Waals surface area contributed by atoms with Crippen molar-refractivity contribution in [1.29, 1.82) is 0 Å². The lowest BCUT2D eigenvalue weighted by atomic mass is 10.2. The molecule has 0 aromatic carbocycles.